The first-order chi connectivity index (χ1) is 7.72. The molecule has 0 aliphatic heterocycles. The Bertz CT molecular complexity index is 506. The molecule has 2 nitrogen and oxygen atoms in total. The molecule has 1 heterocycles. The van der Waals surface area contributed by atoms with Crippen LogP contribution in [0.1, 0.15) is 15.9 Å². The number of hydrogen-bond acceptors (Lipinski definition) is 3. The molecule has 0 saturated heterocycles. The highest BCUT2D eigenvalue weighted by Crippen LogP contribution is 2.26. The van der Waals surface area contributed by atoms with Gasteiger partial charge in [0.25, 0.3) is 0 Å². The maximum atomic E-state index is 12.0. The molecule has 0 spiro atoms. The van der Waals surface area contributed by atoms with Gasteiger partial charge in [-0.15, -0.1) is 0 Å². The van der Waals surface area contributed by atoms with Crippen LogP contribution in [-0.2, 0) is 0 Å². The van der Waals surface area contributed by atoms with Gasteiger partial charge < -0.3 is 4.74 Å². The van der Waals surface area contributed by atoms with Crippen LogP contribution in [0, 0.1) is 0 Å². The first-order valence-corrected chi connectivity index (χ1v) is 5.95. The molecule has 0 unspecified atom stereocenters. The maximum Gasteiger partial charge on any atom is 0.193 e. The third kappa shape index (κ3) is 2.10. The standard InChI is InChI=1S/C12H9ClO2S/c1-15-11-3-2-8(6-10(11)13)12(14)9-4-5-16-7-9/h2-7H,1H3. The van der Waals surface area contributed by atoms with Crippen molar-refractivity contribution >= 4 is 28.7 Å². The van der Waals surface area contributed by atoms with E-state index in [-0.39, 0.29) is 5.78 Å². The molecule has 0 amide bonds. The van der Waals surface area contributed by atoms with E-state index in [9.17, 15) is 4.79 Å². The average Bonchev–Trinajstić information content (AvgIpc) is 2.81. The molecule has 0 saturated carbocycles. The zero-order valence-corrected chi connectivity index (χ0v) is 10.1. The number of ketones is 1. The second-order valence-corrected chi connectivity index (χ2v) is 4.38. The van der Waals surface area contributed by atoms with Crippen LogP contribution in [0.5, 0.6) is 5.75 Å². The minimum Gasteiger partial charge on any atom is -0.495 e. The minimum absolute atomic E-state index is 0.0224. The Morgan fingerprint density at radius 1 is 1.31 bits per heavy atom. The van der Waals surface area contributed by atoms with Crippen molar-refractivity contribution in [1.82, 2.24) is 0 Å². The second kappa shape index (κ2) is 4.68. The van der Waals surface area contributed by atoms with Crippen LogP contribution in [0.2, 0.25) is 5.02 Å². The predicted molar refractivity (Wildman–Crippen MR) is 65.8 cm³/mol. The third-order valence-electron chi connectivity index (χ3n) is 2.20. The van der Waals surface area contributed by atoms with E-state index in [1.165, 1.54) is 11.3 Å². The van der Waals surface area contributed by atoms with Crippen molar-refractivity contribution in [1.29, 1.82) is 0 Å². The van der Waals surface area contributed by atoms with Gasteiger partial charge in [0.15, 0.2) is 5.78 Å². The summed E-state index contributed by atoms with van der Waals surface area (Å²) in [7, 11) is 1.54. The molecular formula is C12H9ClO2S. The lowest BCUT2D eigenvalue weighted by Crippen LogP contribution is -1.99. The van der Waals surface area contributed by atoms with E-state index >= 15 is 0 Å². The number of carbonyl (C=O) groups excluding carboxylic acids is 1. The fourth-order valence-corrected chi connectivity index (χ4v) is 2.26. The number of carbonyl (C=O) groups is 1. The van der Waals surface area contributed by atoms with Gasteiger partial charge >= 0.3 is 0 Å². The lowest BCUT2D eigenvalue weighted by atomic mass is 10.1. The molecule has 0 aliphatic carbocycles. The monoisotopic (exact) mass is 252 g/mol. The van der Waals surface area contributed by atoms with Crippen molar-refractivity contribution < 1.29 is 9.53 Å². The lowest BCUT2D eigenvalue weighted by Gasteiger charge is -2.04. The molecule has 0 aliphatic rings. The Hall–Kier alpha value is -1.32. The minimum atomic E-state index is -0.0224. The van der Waals surface area contributed by atoms with Gasteiger partial charge in [-0.25, -0.2) is 0 Å². The molecular weight excluding hydrogens is 244 g/mol. The maximum absolute atomic E-state index is 12.0. The summed E-state index contributed by atoms with van der Waals surface area (Å²) in [5.74, 6) is 0.550. The molecule has 1 aromatic carbocycles. The smallest absolute Gasteiger partial charge is 0.193 e. The Morgan fingerprint density at radius 2 is 2.12 bits per heavy atom. The fourth-order valence-electron chi connectivity index (χ4n) is 1.37. The van der Waals surface area contributed by atoms with Gasteiger partial charge in [-0.3, -0.25) is 4.79 Å². The van der Waals surface area contributed by atoms with Crippen LogP contribution in [0.15, 0.2) is 35.0 Å². The zero-order valence-electron chi connectivity index (χ0n) is 8.57. The molecule has 0 N–H and O–H groups in total. The molecule has 82 valence electrons. The average molecular weight is 253 g/mol. The molecule has 2 rings (SSSR count). The first-order valence-electron chi connectivity index (χ1n) is 4.63. The van der Waals surface area contributed by atoms with Crippen LogP contribution in [0.4, 0.5) is 0 Å². The van der Waals surface area contributed by atoms with Crippen LogP contribution < -0.4 is 4.74 Å². The number of thiophene rings is 1. The van der Waals surface area contributed by atoms with Gasteiger partial charge in [-0.1, -0.05) is 11.6 Å². The zero-order chi connectivity index (χ0) is 11.5. The van der Waals surface area contributed by atoms with E-state index in [0.29, 0.717) is 21.9 Å². The molecule has 4 heteroatoms. The van der Waals surface area contributed by atoms with Gasteiger partial charge in [0.05, 0.1) is 12.1 Å². The van der Waals surface area contributed by atoms with Gasteiger partial charge in [0.1, 0.15) is 5.75 Å². The fraction of sp³-hybridized carbons (Fsp3) is 0.0833. The molecule has 0 radical (unpaired) electrons. The molecule has 2 aromatic rings. The summed E-state index contributed by atoms with van der Waals surface area (Å²) < 4.78 is 5.03. The van der Waals surface area contributed by atoms with Gasteiger partial charge in [0.2, 0.25) is 0 Å². The van der Waals surface area contributed by atoms with Gasteiger partial charge in [-0.2, -0.15) is 11.3 Å². The quantitative estimate of drug-likeness (QED) is 0.780. The summed E-state index contributed by atoms with van der Waals surface area (Å²) in [5, 5.41) is 4.14. The Kier molecular flexibility index (Phi) is 3.27. The summed E-state index contributed by atoms with van der Waals surface area (Å²) in [5.41, 5.74) is 1.26. The van der Waals surface area contributed by atoms with Gasteiger partial charge in [-0.05, 0) is 29.6 Å². The van der Waals surface area contributed by atoms with Crippen LogP contribution in [0.25, 0.3) is 0 Å². The highest BCUT2D eigenvalue weighted by atomic mass is 35.5. The number of hydrogen-bond donors (Lipinski definition) is 0. The van der Waals surface area contributed by atoms with Gasteiger partial charge in [0, 0.05) is 16.5 Å². The molecule has 1 aromatic heterocycles. The van der Waals surface area contributed by atoms with Crippen LogP contribution in [-0.4, -0.2) is 12.9 Å². The topological polar surface area (TPSA) is 26.3 Å². The predicted octanol–water partition coefficient (Wildman–Crippen LogP) is 3.64. The summed E-state index contributed by atoms with van der Waals surface area (Å²) in [6.45, 7) is 0. The number of halogens is 1. The van der Waals surface area contributed by atoms with Crippen molar-refractivity contribution in [2.45, 2.75) is 0 Å². The summed E-state index contributed by atoms with van der Waals surface area (Å²) in [6.07, 6.45) is 0. The molecule has 0 bridgehead atoms. The summed E-state index contributed by atoms with van der Waals surface area (Å²) >= 11 is 7.46. The van der Waals surface area contributed by atoms with Crippen molar-refractivity contribution in [2.24, 2.45) is 0 Å². The van der Waals surface area contributed by atoms with E-state index < -0.39 is 0 Å². The molecule has 0 fully saturated rings. The normalized spacial score (nSPS) is 10.1. The third-order valence-corrected chi connectivity index (χ3v) is 3.18. The van der Waals surface area contributed by atoms with E-state index in [1.54, 1.807) is 31.4 Å². The molecule has 0 atom stereocenters. The Balaban J connectivity index is 2.35. The summed E-state index contributed by atoms with van der Waals surface area (Å²) in [4.78, 5) is 12.0. The van der Waals surface area contributed by atoms with Crippen LogP contribution in [0.3, 0.4) is 0 Å². The number of rotatable bonds is 3. The molecule has 16 heavy (non-hydrogen) atoms. The largest absolute Gasteiger partial charge is 0.495 e. The van der Waals surface area contributed by atoms with E-state index in [2.05, 4.69) is 0 Å². The van der Waals surface area contributed by atoms with Crippen molar-refractivity contribution in [3.8, 4) is 5.75 Å². The van der Waals surface area contributed by atoms with E-state index in [1.807, 2.05) is 10.8 Å². The summed E-state index contributed by atoms with van der Waals surface area (Å²) in [6, 6.07) is 6.83. The van der Waals surface area contributed by atoms with E-state index in [0.717, 1.165) is 0 Å². The van der Waals surface area contributed by atoms with Crippen LogP contribution >= 0.6 is 22.9 Å². The Morgan fingerprint density at radius 3 is 2.69 bits per heavy atom. The lowest BCUT2D eigenvalue weighted by molar-refractivity contribution is 0.103. The van der Waals surface area contributed by atoms with E-state index in [4.69, 9.17) is 16.3 Å². The SMILES string of the molecule is COc1ccc(C(=O)c2ccsc2)cc1Cl. The Labute approximate surface area is 102 Å². The number of methoxy groups -OCH3 is 1. The number of benzene rings is 1. The highest BCUT2D eigenvalue weighted by molar-refractivity contribution is 7.08. The number of ether oxygens (including phenoxy) is 1. The first kappa shape index (κ1) is 11.2. The van der Waals surface area contributed by atoms with Crippen molar-refractivity contribution in [2.75, 3.05) is 7.11 Å². The van der Waals surface area contributed by atoms with Crippen molar-refractivity contribution in [3.63, 3.8) is 0 Å². The second-order valence-electron chi connectivity index (χ2n) is 3.19. The van der Waals surface area contributed by atoms with Crippen molar-refractivity contribution in [3.05, 3.63) is 51.2 Å². The highest BCUT2D eigenvalue weighted by Gasteiger charge is 2.11.